The zero-order valence-corrected chi connectivity index (χ0v) is 16.3. The van der Waals surface area contributed by atoms with Gasteiger partial charge in [-0.05, 0) is 56.3 Å². The van der Waals surface area contributed by atoms with E-state index in [0.717, 1.165) is 49.2 Å². The van der Waals surface area contributed by atoms with Gasteiger partial charge in [0.2, 0.25) is 11.8 Å². The van der Waals surface area contributed by atoms with Gasteiger partial charge in [0.05, 0.1) is 0 Å². The van der Waals surface area contributed by atoms with Gasteiger partial charge in [0, 0.05) is 31.1 Å². The number of hydrogen-bond donors (Lipinski definition) is 2. The van der Waals surface area contributed by atoms with E-state index in [-0.39, 0.29) is 30.2 Å². The van der Waals surface area contributed by atoms with Crippen LogP contribution in [0.4, 0.5) is 0 Å². The van der Waals surface area contributed by atoms with E-state index in [1.165, 1.54) is 0 Å². The van der Waals surface area contributed by atoms with Crippen LogP contribution in [0.25, 0.3) is 0 Å². The average molecular weight is 384 g/mol. The van der Waals surface area contributed by atoms with Crippen LogP contribution >= 0.6 is 0 Å². The predicted octanol–water partition coefficient (Wildman–Crippen LogP) is 1.01. The molecule has 2 saturated heterocycles. The number of amides is 3. The van der Waals surface area contributed by atoms with Gasteiger partial charge in [-0.1, -0.05) is 18.2 Å². The molecule has 3 aliphatic heterocycles. The van der Waals surface area contributed by atoms with E-state index in [4.69, 9.17) is 5.73 Å². The molecule has 28 heavy (non-hydrogen) atoms. The van der Waals surface area contributed by atoms with Crippen molar-refractivity contribution in [3.05, 3.63) is 34.9 Å². The summed E-state index contributed by atoms with van der Waals surface area (Å²) < 4.78 is 0. The highest BCUT2D eigenvalue weighted by Crippen LogP contribution is 2.31. The summed E-state index contributed by atoms with van der Waals surface area (Å²) in [7, 11) is 0. The molecular weight excluding hydrogens is 356 g/mol. The van der Waals surface area contributed by atoms with Gasteiger partial charge in [0.15, 0.2) is 0 Å². The molecule has 1 aromatic rings. The molecule has 3 aliphatic rings. The average Bonchev–Trinajstić information content (AvgIpc) is 3.00. The van der Waals surface area contributed by atoms with Crippen LogP contribution in [0.3, 0.4) is 0 Å². The summed E-state index contributed by atoms with van der Waals surface area (Å²) in [6, 6.07) is 5.64. The first kappa shape index (κ1) is 19.1. The van der Waals surface area contributed by atoms with Crippen molar-refractivity contribution in [1.29, 1.82) is 0 Å². The van der Waals surface area contributed by atoms with E-state index in [1.807, 2.05) is 18.2 Å². The molecule has 0 spiro atoms. The number of likely N-dealkylation sites (tertiary alicyclic amines) is 1. The number of carbonyl (C=O) groups is 3. The van der Waals surface area contributed by atoms with Gasteiger partial charge in [0.1, 0.15) is 6.04 Å². The number of imide groups is 1. The van der Waals surface area contributed by atoms with E-state index < -0.39 is 6.04 Å². The first-order chi connectivity index (χ1) is 13.4. The third kappa shape index (κ3) is 3.56. The van der Waals surface area contributed by atoms with Crippen molar-refractivity contribution in [2.24, 2.45) is 11.7 Å². The van der Waals surface area contributed by atoms with Gasteiger partial charge in [-0.2, -0.15) is 0 Å². The number of piperidine rings is 2. The highest BCUT2D eigenvalue weighted by molar-refractivity contribution is 6.05. The maximum atomic E-state index is 13.2. The third-order valence-corrected chi connectivity index (χ3v) is 6.41. The van der Waals surface area contributed by atoms with Crippen LogP contribution < -0.4 is 11.1 Å². The number of hydrogen-bond acceptors (Lipinski definition) is 5. The Hall–Kier alpha value is -2.25. The van der Waals surface area contributed by atoms with Crippen molar-refractivity contribution in [2.45, 2.75) is 57.8 Å². The molecule has 0 bridgehead atoms. The smallest absolute Gasteiger partial charge is 0.255 e. The zero-order valence-electron chi connectivity index (χ0n) is 16.3. The van der Waals surface area contributed by atoms with E-state index in [2.05, 4.69) is 17.1 Å². The molecule has 0 saturated carbocycles. The van der Waals surface area contributed by atoms with E-state index in [9.17, 15) is 14.4 Å². The van der Waals surface area contributed by atoms with Crippen LogP contribution in [0.5, 0.6) is 0 Å². The summed E-state index contributed by atoms with van der Waals surface area (Å²) in [5.41, 5.74) is 8.77. The normalized spacial score (nSPS) is 25.0. The fraction of sp³-hybridized carbons (Fsp3) is 0.571. The number of nitrogens with one attached hydrogen (secondary N) is 1. The number of nitrogens with two attached hydrogens (primary N) is 1. The Bertz CT molecular complexity index is 799. The molecule has 0 aliphatic carbocycles. The minimum absolute atomic E-state index is 0.0921. The molecule has 2 atom stereocenters. The summed E-state index contributed by atoms with van der Waals surface area (Å²) in [4.78, 5) is 40.8. The van der Waals surface area contributed by atoms with Gasteiger partial charge >= 0.3 is 0 Å². The van der Waals surface area contributed by atoms with Gasteiger partial charge in [-0.15, -0.1) is 0 Å². The molecule has 3 heterocycles. The Balaban J connectivity index is 1.48. The van der Waals surface area contributed by atoms with E-state index in [0.29, 0.717) is 18.9 Å². The van der Waals surface area contributed by atoms with Gasteiger partial charge in [-0.3, -0.25) is 24.6 Å². The summed E-state index contributed by atoms with van der Waals surface area (Å²) in [5.74, 6) is -0.147. The van der Waals surface area contributed by atoms with Crippen molar-refractivity contribution in [1.82, 2.24) is 15.1 Å². The number of fused-ring (bicyclic) bond motifs is 1. The first-order valence-corrected chi connectivity index (χ1v) is 10.2. The molecule has 2 fully saturated rings. The van der Waals surface area contributed by atoms with Gasteiger partial charge < -0.3 is 10.6 Å². The third-order valence-electron chi connectivity index (χ3n) is 6.41. The second-order valence-electron chi connectivity index (χ2n) is 8.32. The second kappa shape index (κ2) is 7.64. The Morgan fingerprint density at radius 3 is 2.61 bits per heavy atom. The number of nitrogens with zero attached hydrogens (tertiary/aromatic N) is 2. The van der Waals surface area contributed by atoms with Crippen molar-refractivity contribution in [3.8, 4) is 0 Å². The minimum Gasteiger partial charge on any atom is -0.328 e. The highest BCUT2D eigenvalue weighted by Gasteiger charge is 2.40. The van der Waals surface area contributed by atoms with Crippen molar-refractivity contribution < 1.29 is 14.4 Å². The van der Waals surface area contributed by atoms with Crippen LogP contribution in [0, 0.1) is 5.92 Å². The Labute approximate surface area is 165 Å². The van der Waals surface area contributed by atoms with Crippen molar-refractivity contribution in [2.75, 3.05) is 13.1 Å². The molecule has 7 heteroatoms. The fourth-order valence-corrected chi connectivity index (χ4v) is 4.70. The quantitative estimate of drug-likeness (QED) is 0.756. The standard InChI is InChI=1S/C21H28N4O3/c1-13(22)14-7-9-24(10-8-14)11-15-3-2-4-16-12-25(21(28)19(15)16)17-5-6-18(26)23-20(17)27/h2-4,13-14,17H,5-12,22H2,1H3,(H,23,26,27)/t13-,17?/m1/s1. The molecule has 7 nitrogen and oxygen atoms in total. The second-order valence-corrected chi connectivity index (χ2v) is 8.32. The topological polar surface area (TPSA) is 95.7 Å². The minimum atomic E-state index is -0.563. The molecule has 3 N–H and O–H groups in total. The number of benzene rings is 1. The van der Waals surface area contributed by atoms with Crippen LogP contribution in [0.15, 0.2) is 18.2 Å². The number of carbonyl (C=O) groups excluding carboxylic acids is 3. The Kier molecular flexibility index (Phi) is 5.21. The molecule has 3 amide bonds. The molecule has 0 radical (unpaired) electrons. The van der Waals surface area contributed by atoms with Crippen molar-refractivity contribution in [3.63, 3.8) is 0 Å². The van der Waals surface area contributed by atoms with Crippen molar-refractivity contribution >= 4 is 17.7 Å². The molecule has 0 aromatic heterocycles. The summed E-state index contributed by atoms with van der Waals surface area (Å²) in [6.45, 7) is 5.22. The maximum absolute atomic E-state index is 13.2. The fourth-order valence-electron chi connectivity index (χ4n) is 4.70. The van der Waals surface area contributed by atoms with Crippen LogP contribution in [-0.4, -0.2) is 52.7 Å². The van der Waals surface area contributed by atoms with Gasteiger partial charge in [-0.25, -0.2) is 0 Å². The predicted molar refractivity (Wildman–Crippen MR) is 104 cm³/mol. The summed E-state index contributed by atoms with van der Waals surface area (Å²) >= 11 is 0. The molecule has 1 aromatic carbocycles. The van der Waals surface area contributed by atoms with Gasteiger partial charge in [0.25, 0.3) is 5.91 Å². The van der Waals surface area contributed by atoms with Crippen LogP contribution in [0.2, 0.25) is 0 Å². The zero-order chi connectivity index (χ0) is 19.8. The lowest BCUT2D eigenvalue weighted by atomic mass is 9.90. The lowest BCUT2D eigenvalue weighted by molar-refractivity contribution is -0.136. The monoisotopic (exact) mass is 384 g/mol. The van der Waals surface area contributed by atoms with E-state index >= 15 is 0 Å². The highest BCUT2D eigenvalue weighted by atomic mass is 16.2. The Morgan fingerprint density at radius 1 is 1.18 bits per heavy atom. The van der Waals surface area contributed by atoms with Crippen LogP contribution in [-0.2, 0) is 22.7 Å². The molecule has 1 unspecified atom stereocenters. The SMILES string of the molecule is C[C@@H](N)C1CCN(Cc2cccc3c2C(=O)N(C2CCC(=O)NC2=O)C3)CC1. The lowest BCUT2D eigenvalue weighted by Crippen LogP contribution is -2.52. The maximum Gasteiger partial charge on any atom is 0.255 e. The summed E-state index contributed by atoms with van der Waals surface area (Å²) in [5, 5.41) is 2.36. The first-order valence-electron chi connectivity index (χ1n) is 10.2. The van der Waals surface area contributed by atoms with Crippen LogP contribution in [0.1, 0.15) is 54.1 Å². The lowest BCUT2D eigenvalue weighted by Gasteiger charge is -2.34. The largest absolute Gasteiger partial charge is 0.328 e. The number of rotatable bonds is 4. The van der Waals surface area contributed by atoms with E-state index in [1.54, 1.807) is 4.90 Å². The molecule has 150 valence electrons. The Morgan fingerprint density at radius 2 is 1.93 bits per heavy atom. The summed E-state index contributed by atoms with van der Waals surface area (Å²) in [6.07, 6.45) is 2.84. The molecule has 4 rings (SSSR count). The molecular formula is C21H28N4O3.